The van der Waals surface area contributed by atoms with Crippen LogP contribution in [0.1, 0.15) is 22.3 Å². The molecule has 0 unspecified atom stereocenters. The lowest BCUT2D eigenvalue weighted by Crippen LogP contribution is -2.29. The van der Waals surface area contributed by atoms with E-state index in [0.717, 1.165) is 77.9 Å². The molecule has 1 aliphatic rings. The number of nitrogens with zero attached hydrogens (tertiary/aromatic N) is 12. The van der Waals surface area contributed by atoms with Gasteiger partial charge in [0.25, 0.3) is 0 Å². The molecule has 12 nitrogen and oxygen atoms in total. The minimum atomic E-state index is -1.17. The van der Waals surface area contributed by atoms with Crippen molar-refractivity contribution < 1.29 is 0 Å². The summed E-state index contributed by atoms with van der Waals surface area (Å²) in [6.45, 7) is 0. The van der Waals surface area contributed by atoms with Crippen molar-refractivity contribution in [2.24, 2.45) is 0 Å². The Bertz CT molecular complexity index is 4690. The highest BCUT2D eigenvalue weighted by molar-refractivity contribution is 5.89. The van der Waals surface area contributed by atoms with E-state index in [-0.39, 0.29) is 0 Å². The third-order valence-electron chi connectivity index (χ3n) is 17.5. The predicted molar refractivity (Wildman–Crippen MR) is 383 cm³/mol. The first-order chi connectivity index (χ1) is 48.0. The van der Waals surface area contributed by atoms with E-state index in [2.05, 4.69) is 84.9 Å². The van der Waals surface area contributed by atoms with Gasteiger partial charge in [-0.05, 0) is 69.8 Å². The summed E-state index contributed by atoms with van der Waals surface area (Å²) in [7, 11) is 0. The summed E-state index contributed by atoms with van der Waals surface area (Å²) in [4.78, 5) is 64.2. The summed E-state index contributed by atoms with van der Waals surface area (Å²) in [6.07, 6.45) is 0. The molecule has 12 aromatic carbocycles. The highest BCUT2D eigenvalue weighted by Gasteiger charge is 2.47. The quantitative estimate of drug-likeness (QED) is 0.102. The van der Waals surface area contributed by atoms with Crippen LogP contribution in [0, 0.1) is 0 Å². The summed E-state index contributed by atoms with van der Waals surface area (Å²) < 4.78 is 0. The summed E-state index contributed by atoms with van der Waals surface area (Å²) in [5.41, 5.74) is 14.2. The van der Waals surface area contributed by atoms with Gasteiger partial charge in [-0.25, -0.2) is 59.8 Å². The zero-order valence-electron chi connectivity index (χ0n) is 52.0. The smallest absolute Gasteiger partial charge is 0.164 e. The minimum absolute atomic E-state index is 0.444. The van der Waals surface area contributed by atoms with E-state index in [4.69, 9.17) is 59.8 Å². The number of hydrogen-bond acceptors (Lipinski definition) is 12. The molecule has 0 radical (unpaired) electrons. The van der Waals surface area contributed by atoms with Gasteiger partial charge in [0.2, 0.25) is 0 Å². The standard InChI is InChI=1S/C85H54N12/c1-9-29-55(30-10-1)73-86-74(56-31-11-2-12-32-56)91-81(90-73)63-49-64(82-92-75(57-33-13-3-14-34-57)87-76(93-82)58-35-15-4-16-36-58)52-67(51-63)85(71-47-27-25-45-69(71)70-46-26-28-48-72(70)85)68-53-65(83-94-77(59-37-17-5-18-38-59)88-78(95-83)60-39-19-6-20-40-60)50-66(54-68)84-96-79(61-41-21-7-22-42-61)89-80(97-84)62-43-23-8-24-44-62/h1-54H. The van der Waals surface area contributed by atoms with Crippen molar-refractivity contribution in [1.82, 2.24) is 59.8 Å². The lowest BCUT2D eigenvalue weighted by atomic mass is 9.66. The number of hydrogen-bond donors (Lipinski definition) is 0. The van der Waals surface area contributed by atoms with Crippen molar-refractivity contribution in [1.29, 1.82) is 0 Å². The van der Waals surface area contributed by atoms with Crippen molar-refractivity contribution >= 4 is 0 Å². The van der Waals surface area contributed by atoms with Gasteiger partial charge in [0.15, 0.2) is 69.9 Å². The topological polar surface area (TPSA) is 155 Å². The maximum Gasteiger partial charge on any atom is 0.164 e. The molecule has 454 valence electrons. The average molecular weight is 1240 g/mol. The van der Waals surface area contributed by atoms with Gasteiger partial charge in [-0.2, -0.15) is 0 Å². The van der Waals surface area contributed by atoms with Gasteiger partial charge in [0, 0.05) is 66.8 Å². The largest absolute Gasteiger partial charge is 0.208 e. The van der Waals surface area contributed by atoms with Crippen LogP contribution in [-0.2, 0) is 5.41 Å². The highest BCUT2D eigenvalue weighted by Crippen LogP contribution is 2.58. The Morgan fingerprint density at radius 2 is 0.299 bits per heavy atom. The maximum absolute atomic E-state index is 5.44. The Balaban J connectivity index is 1.01. The molecule has 17 rings (SSSR count). The Hall–Kier alpha value is -13.3. The van der Waals surface area contributed by atoms with Crippen molar-refractivity contribution in [2.45, 2.75) is 5.41 Å². The first-order valence-electron chi connectivity index (χ1n) is 32.0. The van der Waals surface area contributed by atoms with Crippen LogP contribution in [0.3, 0.4) is 0 Å². The summed E-state index contributed by atoms with van der Waals surface area (Å²) in [5.74, 6) is 5.90. The van der Waals surface area contributed by atoms with Crippen molar-refractivity contribution in [3.63, 3.8) is 0 Å². The van der Waals surface area contributed by atoms with Crippen LogP contribution in [0.5, 0.6) is 0 Å². The predicted octanol–water partition coefficient (Wildman–Crippen LogP) is 18.8. The molecule has 4 heterocycles. The van der Waals surface area contributed by atoms with Crippen LogP contribution in [0.25, 0.3) is 148 Å². The molecular weight excluding hydrogens is 1190 g/mol. The Morgan fingerprint density at radius 1 is 0.144 bits per heavy atom. The molecule has 0 spiro atoms. The van der Waals surface area contributed by atoms with Gasteiger partial charge in [0.05, 0.1) is 5.41 Å². The first kappa shape index (κ1) is 57.6. The Kier molecular flexibility index (Phi) is 14.8. The van der Waals surface area contributed by atoms with Crippen LogP contribution < -0.4 is 0 Å². The van der Waals surface area contributed by atoms with Crippen LogP contribution in [0.2, 0.25) is 0 Å². The van der Waals surface area contributed by atoms with E-state index >= 15 is 0 Å². The van der Waals surface area contributed by atoms with Crippen molar-refractivity contribution in [2.75, 3.05) is 0 Å². The SMILES string of the molecule is c1ccc(-c2nc(-c3ccccc3)nc(-c3cc(-c4nc(-c5ccccc5)nc(-c5ccccc5)n4)cc(C4(c5cc(-c6nc(-c7ccccc7)nc(-c7ccccc7)n6)cc(-c6nc(-c7ccccc7)nc(-c7ccccc7)n6)c5)c5ccccc5-c5ccccc54)c3)n2)cc1. The molecule has 0 N–H and O–H groups in total. The monoisotopic (exact) mass is 1240 g/mol. The lowest BCUT2D eigenvalue weighted by Gasteiger charge is -2.35. The van der Waals surface area contributed by atoms with Crippen molar-refractivity contribution in [3.05, 3.63) is 350 Å². The molecule has 0 fully saturated rings. The minimum Gasteiger partial charge on any atom is -0.208 e. The molecule has 0 atom stereocenters. The lowest BCUT2D eigenvalue weighted by molar-refractivity contribution is 0.768. The Morgan fingerprint density at radius 3 is 0.485 bits per heavy atom. The zero-order chi connectivity index (χ0) is 64.5. The van der Waals surface area contributed by atoms with Crippen LogP contribution >= 0.6 is 0 Å². The molecule has 0 bridgehead atoms. The van der Waals surface area contributed by atoms with Crippen LogP contribution in [-0.4, -0.2) is 59.8 Å². The van der Waals surface area contributed by atoms with E-state index in [1.54, 1.807) is 0 Å². The molecular formula is C85H54N12. The van der Waals surface area contributed by atoms with E-state index in [9.17, 15) is 0 Å². The average Bonchev–Trinajstić information content (AvgIpc) is 1.57. The normalized spacial score (nSPS) is 12.0. The fourth-order valence-corrected chi connectivity index (χ4v) is 13.0. The zero-order valence-corrected chi connectivity index (χ0v) is 52.0. The molecule has 1 aliphatic carbocycles. The Labute approximate surface area is 559 Å². The fraction of sp³-hybridized carbons (Fsp3) is 0.0118. The second kappa shape index (κ2) is 25.0. The van der Waals surface area contributed by atoms with E-state index in [0.29, 0.717) is 92.1 Å². The van der Waals surface area contributed by atoms with Gasteiger partial charge in [-0.15, -0.1) is 0 Å². The summed E-state index contributed by atoms with van der Waals surface area (Å²) >= 11 is 0. The summed E-state index contributed by atoms with van der Waals surface area (Å²) in [6, 6.07) is 111. The second-order valence-corrected chi connectivity index (χ2v) is 23.6. The molecule has 16 aromatic rings. The van der Waals surface area contributed by atoms with Crippen LogP contribution in [0.15, 0.2) is 328 Å². The second-order valence-electron chi connectivity index (χ2n) is 23.6. The van der Waals surface area contributed by atoms with Gasteiger partial charge < -0.3 is 0 Å². The van der Waals surface area contributed by atoms with E-state index in [1.165, 1.54) is 0 Å². The van der Waals surface area contributed by atoms with Gasteiger partial charge >= 0.3 is 0 Å². The van der Waals surface area contributed by atoms with Gasteiger partial charge in [-0.3, -0.25) is 0 Å². The van der Waals surface area contributed by atoms with Gasteiger partial charge in [0.1, 0.15) is 0 Å². The third kappa shape index (κ3) is 11.1. The molecule has 97 heavy (non-hydrogen) atoms. The molecule has 12 heteroatoms. The fourth-order valence-electron chi connectivity index (χ4n) is 13.0. The highest BCUT2D eigenvalue weighted by atomic mass is 15.1. The summed E-state index contributed by atoms with van der Waals surface area (Å²) in [5, 5.41) is 0. The number of aromatic nitrogens is 12. The van der Waals surface area contributed by atoms with Crippen LogP contribution in [0.4, 0.5) is 0 Å². The number of fused-ring (bicyclic) bond motifs is 3. The number of rotatable bonds is 14. The third-order valence-corrected chi connectivity index (χ3v) is 17.5. The van der Waals surface area contributed by atoms with Gasteiger partial charge in [-0.1, -0.05) is 291 Å². The maximum atomic E-state index is 5.44. The number of benzene rings is 12. The molecule has 0 amide bonds. The molecule has 0 saturated carbocycles. The molecule has 0 saturated heterocycles. The van der Waals surface area contributed by atoms with E-state index < -0.39 is 5.41 Å². The first-order valence-corrected chi connectivity index (χ1v) is 32.0. The van der Waals surface area contributed by atoms with E-state index in [1.807, 2.05) is 243 Å². The molecule has 4 aromatic heterocycles. The molecule has 0 aliphatic heterocycles. The van der Waals surface area contributed by atoms with Crippen molar-refractivity contribution in [3.8, 4) is 148 Å².